The maximum absolute atomic E-state index is 10.1. The van der Waals surface area contributed by atoms with Crippen molar-refractivity contribution in [1.29, 1.82) is 0 Å². The van der Waals surface area contributed by atoms with Gasteiger partial charge in [0.15, 0.2) is 13.0 Å². The summed E-state index contributed by atoms with van der Waals surface area (Å²) in [7, 11) is 0. The summed E-state index contributed by atoms with van der Waals surface area (Å²) in [6.07, 6.45) is 9.68. The molecular weight excluding hydrogens is 404 g/mol. The lowest BCUT2D eigenvalue weighted by atomic mass is 9.81. The van der Waals surface area contributed by atoms with Gasteiger partial charge in [-0.1, -0.05) is 58.8 Å². The van der Waals surface area contributed by atoms with Crippen molar-refractivity contribution in [3.8, 4) is 23.7 Å². The maximum atomic E-state index is 10.1. The standard InChI is InChI=1S/C16H16N2.C6H7BrO2/c1-4-5-6-9-16(17-2,18-3)15-11-13-7-8-14(10-13)12-15;1-6(8)9-5-3-2-4-7/h7-8,11,13-14H,4,9-10,12H2,1H3;4-5H2,1H3. The molecule has 4 nitrogen and oxygen atoms in total. The topological polar surface area (TPSA) is 35.0 Å². The normalized spacial score (nSPS) is 18.8. The average Bonchev–Trinajstić information content (AvgIpc) is 3.01. The van der Waals surface area contributed by atoms with Crippen LogP contribution in [0.1, 0.15) is 39.5 Å². The molecule has 2 aliphatic carbocycles. The first-order chi connectivity index (χ1) is 13.0. The number of carbonyl (C=O) groups excluding carboxylic acids is 1. The molecule has 0 amide bonds. The van der Waals surface area contributed by atoms with Crippen LogP contribution in [0.15, 0.2) is 23.8 Å². The third-order valence-corrected chi connectivity index (χ3v) is 4.44. The van der Waals surface area contributed by atoms with Crippen LogP contribution in [-0.2, 0) is 9.53 Å². The van der Waals surface area contributed by atoms with E-state index in [4.69, 9.17) is 13.1 Å². The molecule has 2 aliphatic rings. The molecule has 2 atom stereocenters. The number of hydrogen-bond donors (Lipinski definition) is 0. The number of esters is 1. The van der Waals surface area contributed by atoms with Gasteiger partial charge in [0.05, 0.1) is 5.33 Å². The third kappa shape index (κ3) is 7.35. The summed E-state index contributed by atoms with van der Waals surface area (Å²) in [5.41, 5.74) is -0.0744. The summed E-state index contributed by atoms with van der Waals surface area (Å²) in [6.45, 7) is 18.4. The first-order valence-electron chi connectivity index (χ1n) is 8.78. The van der Waals surface area contributed by atoms with Crippen LogP contribution in [0, 0.1) is 48.7 Å². The second-order valence-electron chi connectivity index (χ2n) is 6.13. The van der Waals surface area contributed by atoms with E-state index < -0.39 is 5.66 Å². The predicted molar refractivity (Wildman–Crippen MR) is 110 cm³/mol. The summed E-state index contributed by atoms with van der Waals surface area (Å²) in [5, 5.41) is 0.619. The Morgan fingerprint density at radius 1 is 1.30 bits per heavy atom. The summed E-state index contributed by atoms with van der Waals surface area (Å²) < 4.78 is 4.51. The van der Waals surface area contributed by atoms with E-state index in [0.29, 0.717) is 23.6 Å². The first kappa shape index (κ1) is 22.6. The Hall–Kier alpha value is -2.47. The van der Waals surface area contributed by atoms with Crippen molar-refractivity contribution >= 4 is 21.9 Å². The molecule has 2 bridgehead atoms. The number of nitrogens with zero attached hydrogens (tertiary/aromatic N) is 2. The van der Waals surface area contributed by atoms with E-state index in [0.717, 1.165) is 24.8 Å². The highest BCUT2D eigenvalue weighted by Gasteiger charge is 2.49. The molecular formula is C22H23BrN2O2. The van der Waals surface area contributed by atoms with E-state index in [-0.39, 0.29) is 12.6 Å². The van der Waals surface area contributed by atoms with Crippen molar-refractivity contribution in [3.63, 3.8) is 0 Å². The zero-order valence-electron chi connectivity index (χ0n) is 15.7. The minimum absolute atomic E-state index is 0.195. The zero-order chi connectivity index (χ0) is 20.1. The zero-order valence-corrected chi connectivity index (χ0v) is 17.3. The molecule has 0 saturated carbocycles. The highest BCUT2D eigenvalue weighted by molar-refractivity contribution is 9.09. The van der Waals surface area contributed by atoms with Crippen molar-refractivity contribution in [2.24, 2.45) is 11.8 Å². The van der Waals surface area contributed by atoms with Crippen LogP contribution >= 0.6 is 15.9 Å². The summed E-state index contributed by atoms with van der Waals surface area (Å²) >= 11 is 3.10. The molecule has 0 saturated heterocycles. The smallest absolute Gasteiger partial charge is 0.453 e. The van der Waals surface area contributed by atoms with Crippen LogP contribution in [0.25, 0.3) is 9.69 Å². The summed E-state index contributed by atoms with van der Waals surface area (Å²) in [6, 6.07) is 0. The predicted octanol–water partition coefficient (Wildman–Crippen LogP) is 4.79. The van der Waals surface area contributed by atoms with Gasteiger partial charge < -0.3 is 4.74 Å². The van der Waals surface area contributed by atoms with Crippen LogP contribution < -0.4 is 0 Å². The Balaban J connectivity index is 0.000000345. The van der Waals surface area contributed by atoms with Gasteiger partial charge in [-0.05, 0) is 24.7 Å². The van der Waals surface area contributed by atoms with Crippen molar-refractivity contribution in [2.45, 2.75) is 45.2 Å². The van der Waals surface area contributed by atoms with Gasteiger partial charge >= 0.3 is 11.6 Å². The van der Waals surface area contributed by atoms with Gasteiger partial charge in [-0.2, -0.15) is 0 Å². The van der Waals surface area contributed by atoms with E-state index in [2.05, 4.69) is 72.3 Å². The lowest BCUT2D eigenvalue weighted by Gasteiger charge is -2.20. The van der Waals surface area contributed by atoms with Crippen molar-refractivity contribution < 1.29 is 9.53 Å². The molecule has 0 aromatic rings. The first-order valence-corrected chi connectivity index (χ1v) is 9.91. The van der Waals surface area contributed by atoms with Crippen LogP contribution in [0.2, 0.25) is 0 Å². The molecule has 2 rings (SSSR count). The number of carbonyl (C=O) groups is 1. The molecule has 0 aliphatic heterocycles. The molecule has 0 N–H and O–H groups in total. The second-order valence-corrected chi connectivity index (χ2v) is 6.69. The number of halogens is 1. The summed E-state index contributed by atoms with van der Waals surface area (Å²) in [5.74, 6) is 11.9. The molecule has 2 unspecified atom stereocenters. The van der Waals surface area contributed by atoms with E-state index >= 15 is 0 Å². The largest absolute Gasteiger partial charge is 0.516 e. The molecule has 140 valence electrons. The van der Waals surface area contributed by atoms with Gasteiger partial charge in [0.25, 0.3) is 0 Å². The number of rotatable bonds is 3. The lowest BCUT2D eigenvalue weighted by molar-refractivity contribution is -0.139. The van der Waals surface area contributed by atoms with E-state index in [1.165, 1.54) is 6.92 Å². The molecule has 0 fully saturated rings. The fourth-order valence-corrected chi connectivity index (χ4v) is 3.09. The van der Waals surface area contributed by atoms with Gasteiger partial charge in [-0.3, -0.25) is 4.79 Å². The molecule has 0 radical (unpaired) electrons. The van der Waals surface area contributed by atoms with Gasteiger partial charge in [0, 0.05) is 13.3 Å². The molecule has 0 aromatic carbocycles. The van der Waals surface area contributed by atoms with Crippen molar-refractivity contribution in [3.05, 3.63) is 46.6 Å². The quantitative estimate of drug-likeness (QED) is 0.213. The Morgan fingerprint density at radius 2 is 2.04 bits per heavy atom. The van der Waals surface area contributed by atoms with E-state index in [1.54, 1.807) is 0 Å². The Kier molecular flexibility index (Phi) is 10.0. The highest BCUT2D eigenvalue weighted by atomic mass is 79.9. The van der Waals surface area contributed by atoms with E-state index in [9.17, 15) is 4.79 Å². The Bertz CT molecular complexity index is 777. The third-order valence-electron chi connectivity index (χ3n) is 4.16. The van der Waals surface area contributed by atoms with Crippen molar-refractivity contribution in [2.75, 3.05) is 11.9 Å². The summed E-state index contributed by atoms with van der Waals surface area (Å²) in [4.78, 5) is 17.4. The number of hydrogen-bond acceptors (Lipinski definition) is 2. The Labute approximate surface area is 170 Å². The lowest BCUT2D eigenvalue weighted by Crippen LogP contribution is -2.26. The van der Waals surface area contributed by atoms with Gasteiger partial charge in [-0.15, -0.1) is 5.92 Å². The number of alkyl halides is 1. The monoisotopic (exact) mass is 426 g/mol. The molecule has 0 spiro atoms. The molecule has 5 heteroatoms. The number of allylic oxidation sites excluding steroid dienone is 3. The average molecular weight is 427 g/mol. The maximum Gasteiger partial charge on any atom is 0.516 e. The van der Waals surface area contributed by atoms with Crippen LogP contribution in [-0.4, -0.2) is 23.6 Å². The van der Waals surface area contributed by atoms with Gasteiger partial charge in [-0.25, -0.2) is 22.8 Å². The van der Waals surface area contributed by atoms with Gasteiger partial charge in [0.1, 0.15) is 5.57 Å². The van der Waals surface area contributed by atoms with Crippen molar-refractivity contribution in [1.82, 2.24) is 0 Å². The van der Waals surface area contributed by atoms with E-state index in [1.807, 2.05) is 6.92 Å². The molecule has 0 heterocycles. The van der Waals surface area contributed by atoms with Crippen LogP contribution in [0.4, 0.5) is 0 Å². The highest BCUT2D eigenvalue weighted by Crippen LogP contribution is 2.42. The van der Waals surface area contributed by atoms with Gasteiger partial charge in [0.2, 0.25) is 0 Å². The molecule has 0 aromatic heterocycles. The van der Waals surface area contributed by atoms with Crippen LogP contribution in [0.3, 0.4) is 0 Å². The fraction of sp³-hybridized carbons (Fsp3) is 0.500. The SMILES string of the molecule is CC(=O)OCC#CCBr.[C-]#[N+]C(CC#CCC)([N+]#[C-])C1=CC2C=CC(C1)C2. The second kappa shape index (κ2) is 12.0. The Morgan fingerprint density at radius 3 is 2.59 bits per heavy atom. The number of ether oxygens (including phenoxy) is 1. The minimum atomic E-state index is -1.06. The minimum Gasteiger partial charge on any atom is -0.453 e. The fourth-order valence-electron chi connectivity index (χ4n) is 2.90. The molecule has 27 heavy (non-hydrogen) atoms. The van der Waals surface area contributed by atoms with Crippen LogP contribution in [0.5, 0.6) is 0 Å². The number of fused-ring (bicyclic) bond motifs is 2.